The fraction of sp³-hybridized carbons (Fsp3) is 0.750. The molecule has 0 aliphatic carbocycles. The van der Waals surface area contributed by atoms with E-state index in [0.717, 1.165) is 25.0 Å². The average Bonchev–Trinajstić information content (AvgIpc) is 2.42. The second-order valence-electron chi connectivity index (χ2n) is 5.13. The molecular formula is C16H28NNaO3. The number of carboxylic acid groups (broad SMARTS) is 1. The molecule has 0 rings (SSSR count). The van der Waals surface area contributed by atoms with E-state index in [1.54, 1.807) is 0 Å². The maximum atomic E-state index is 11.1. The van der Waals surface area contributed by atoms with Gasteiger partial charge < -0.3 is 15.2 Å². The van der Waals surface area contributed by atoms with Crippen LogP contribution in [-0.2, 0) is 9.59 Å². The summed E-state index contributed by atoms with van der Waals surface area (Å²) in [4.78, 5) is 21.2. The van der Waals surface area contributed by atoms with Crippen molar-refractivity contribution in [2.45, 2.75) is 71.1 Å². The van der Waals surface area contributed by atoms with E-state index in [4.69, 9.17) is 0 Å². The van der Waals surface area contributed by atoms with Gasteiger partial charge in [-0.15, -0.1) is 0 Å². The van der Waals surface area contributed by atoms with Gasteiger partial charge in [-0.2, -0.15) is 0 Å². The van der Waals surface area contributed by atoms with Crippen molar-refractivity contribution >= 4 is 11.9 Å². The van der Waals surface area contributed by atoms with Crippen molar-refractivity contribution in [1.82, 2.24) is 5.32 Å². The van der Waals surface area contributed by atoms with E-state index in [9.17, 15) is 14.7 Å². The molecule has 116 valence electrons. The van der Waals surface area contributed by atoms with E-state index in [1.165, 1.54) is 51.4 Å². The smallest absolute Gasteiger partial charge is 0.545 e. The number of rotatable bonds is 13. The largest absolute Gasteiger partial charge is 1.00 e. The number of hydrogen-bond acceptors (Lipinski definition) is 3. The van der Waals surface area contributed by atoms with Gasteiger partial charge in [0, 0.05) is 12.6 Å². The Kier molecular flexibility index (Phi) is 19.4. The maximum Gasteiger partial charge on any atom is 1.00 e. The molecule has 0 aromatic rings. The first-order valence-electron chi connectivity index (χ1n) is 7.83. The van der Waals surface area contributed by atoms with E-state index in [2.05, 4.69) is 12.2 Å². The van der Waals surface area contributed by atoms with Crippen LogP contribution in [0.25, 0.3) is 0 Å². The molecule has 0 saturated carbocycles. The van der Waals surface area contributed by atoms with Crippen LogP contribution in [0.1, 0.15) is 71.1 Å². The second-order valence-corrected chi connectivity index (χ2v) is 5.13. The number of carboxylic acids is 1. The molecule has 1 amide bonds. The van der Waals surface area contributed by atoms with Crippen LogP contribution in [0.5, 0.6) is 0 Å². The van der Waals surface area contributed by atoms with Gasteiger partial charge in [-0.25, -0.2) is 0 Å². The molecule has 0 spiro atoms. The average molecular weight is 305 g/mol. The number of aliphatic carboxylic acids is 1. The Labute approximate surface area is 151 Å². The summed E-state index contributed by atoms with van der Waals surface area (Å²) in [5, 5.41) is 12.7. The molecule has 1 N–H and O–H groups in total. The summed E-state index contributed by atoms with van der Waals surface area (Å²) < 4.78 is 0. The van der Waals surface area contributed by atoms with Crippen molar-refractivity contribution < 1.29 is 44.3 Å². The van der Waals surface area contributed by atoms with Crippen molar-refractivity contribution in [3.8, 4) is 0 Å². The van der Waals surface area contributed by atoms with Crippen LogP contribution in [0.4, 0.5) is 0 Å². The minimum absolute atomic E-state index is 0. The molecule has 4 nitrogen and oxygen atoms in total. The Morgan fingerprint density at radius 3 is 1.81 bits per heavy atom. The second kappa shape index (κ2) is 17.7. The summed E-state index contributed by atoms with van der Waals surface area (Å²) >= 11 is 0. The SMILES string of the molecule is CCCCCCCCCCCCNC(=O)/C=C\C(=O)[O-].[Na+]. The van der Waals surface area contributed by atoms with Crippen molar-refractivity contribution in [2.24, 2.45) is 0 Å². The number of unbranched alkanes of at least 4 members (excludes halogenated alkanes) is 9. The van der Waals surface area contributed by atoms with Crippen LogP contribution in [0.15, 0.2) is 12.2 Å². The minimum atomic E-state index is -1.35. The standard InChI is InChI=1S/C16H29NO3.Na/c1-2-3-4-5-6-7-8-9-10-11-14-17-15(18)12-13-16(19)20;/h12-13H,2-11,14H2,1H3,(H,17,18)(H,19,20);/q;+1/p-1/b13-12-;. The van der Waals surface area contributed by atoms with Gasteiger partial charge in [-0.3, -0.25) is 4.79 Å². The number of carbonyl (C=O) groups excluding carboxylic acids is 2. The quantitative estimate of drug-likeness (QED) is 0.279. The monoisotopic (exact) mass is 305 g/mol. The first-order valence-corrected chi connectivity index (χ1v) is 7.83. The molecule has 0 bridgehead atoms. The van der Waals surface area contributed by atoms with Crippen LogP contribution < -0.4 is 40.0 Å². The number of amides is 1. The normalized spacial score (nSPS) is 10.3. The van der Waals surface area contributed by atoms with Crippen molar-refractivity contribution in [2.75, 3.05) is 6.54 Å². The third kappa shape index (κ3) is 19.7. The van der Waals surface area contributed by atoms with Gasteiger partial charge >= 0.3 is 29.6 Å². The van der Waals surface area contributed by atoms with Gasteiger partial charge in [-0.05, 0) is 12.5 Å². The minimum Gasteiger partial charge on any atom is -0.545 e. The topological polar surface area (TPSA) is 69.2 Å². The number of hydrogen-bond donors (Lipinski definition) is 1. The number of nitrogens with one attached hydrogen (secondary N) is 1. The fourth-order valence-corrected chi connectivity index (χ4v) is 2.03. The van der Waals surface area contributed by atoms with Crippen LogP contribution >= 0.6 is 0 Å². The molecular weight excluding hydrogens is 277 g/mol. The van der Waals surface area contributed by atoms with Gasteiger partial charge in [0.2, 0.25) is 5.91 Å². The Bertz CT molecular complexity index is 293. The summed E-state index contributed by atoms with van der Waals surface area (Å²) in [5.41, 5.74) is 0. The van der Waals surface area contributed by atoms with Crippen LogP contribution in [0.2, 0.25) is 0 Å². The molecule has 0 aliphatic heterocycles. The van der Waals surface area contributed by atoms with Crippen LogP contribution in [0.3, 0.4) is 0 Å². The Morgan fingerprint density at radius 2 is 1.33 bits per heavy atom. The van der Waals surface area contributed by atoms with Crippen molar-refractivity contribution in [3.63, 3.8) is 0 Å². The Balaban J connectivity index is 0. The van der Waals surface area contributed by atoms with Crippen molar-refractivity contribution in [1.29, 1.82) is 0 Å². The van der Waals surface area contributed by atoms with Gasteiger partial charge in [0.25, 0.3) is 0 Å². The summed E-state index contributed by atoms with van der Waals surface area (Å²) in [5.74, 6) is -1.72. The first-order chi connectivity index (χ1) is 9.66. The summed E-state index contributed by atoms with van der Waals surface area (Å²) in [6.45, 7) is 2.83. The van der Waals surface area contributed by atoms with E-state index in [0.29, 0.717) is 6.54 Å². The van der Waals surface area contributed by atoms with Crippen LogP contribution in [0, 0.1) is 0 Å². The summed E-state index contributed by atoms with van der Waals surface area (Å²) in [6.07, 6.45) is 14.3. The predicted molar refractivity (Wildman–Crippen MR) is 79.0 cm³/mol. The first kappa shape index (κ1) is 23.0. The van der Waals surface area contributed by atoms with Gasteiger partial charge in [0.05, 0.1) is 5.97 Å². The molecule has 0 radical (unpaired) electrons. The van der Waals surface area contributed by atoms with E-state index in [1.807, 2.05) is 0 Å². The molecule has 0 atom stereocenters. The van der Waals surface area contributed by atoms with Crippen LogP contribution in [-0.4, -0.2) is 18.4 Å². The predicted octanol–water partition coefficient (Wildman–Crippen LogP) is -0.666. The zero-order chi connectivity index (χ0) is 15.1. The van der Waals surface area contributed by atoms with E-state index < -0.39 is 5.97 Å². The third-order valence-electron chi connectivity index (χ3n) is 3.20. The van der Waals surface area contributed by atoms with Gasteiger partial charge in [0.1, 0.15) is 0 Å². The molecule has 0 aromatic heterocycles. The summed E-state index contributed by atoms with van der Waals surface area (Å²) in [7, 11) is 0. The van der Waals surface area contributed by atoms with Gasteiger partial charge in [-0.1, -0.05) is 64.7 Å². The van der Waals surface area contributed by atoms with E-state index in [-0.39, 0.29) is 35.5 Å². The molecule has 0 aromatic carbocycles. The third-order valence-corrected chi connectivity index (χ3v) is 3.20. The van der Waals surface area contributed by atoms with Crippen molar-refractivity contribution in [3.05, 3.63) is 12.2 Å². The van der Waals surface area contributed by atoms with Gasteiger partial charge in [0.15, 0.2) is 0 Å². The van der Waals surface area contributed by atoms with E-state index >= 15 is 0 Å². The molecule has 5 heteroatoms. The fourth-order valence-electron chi connectivity index (χ4n) is 2.03. The Hall–Kier alpha value is -0.320. The molecule has 0 saturated heterocycles. The molecule has 0 fully saturated rings. The Morgan fingerprint density at radius 1 is 0.857 bits per heavy atom. The molecule has 0 aliphatic rings. The number of carbonyl (C=O) groups is 2. The maximum absolute atomic E-state index is 11.1. The molecule has 21 heavy (non-hydrogen) atoms. The molecule has 0 unspecified atom stereocenters. The summed E-state index contributed by atoms with van der Waals surface area (Å²) in [6, 6.07) is 0. The zero-order valence-corrected chi connectivity index (χ0v) is 15.7. The molecule has 0 heterocycles. The zero-order valence-electron chi connectivity index (χ0n) is 13.7.